The fraction of sp³-hybridized carbons (Fsp3) is 0.194. The zero-order valence-electron chi connectivity index (χ0n) is 21.1. The normalized spacial score (nSPS) is 13.7. The van der Waals surface area contributed by atoms with Crippen molar-refractivity contribution < 1.29 is 23.5 Å². The number of carboxylic acid groups (broad SMARTS) is 1. The number of carbonyl (C=O) groups excluding carboxylic acids is 1. The van der Waals surface area contributed by atoms with Crippen molar-refractivity contribution >= 4 is 22.9 Å². The highest BCUT2D eigenvalue weighted by Crippen LogP contribution is 2.36. The van der Waals surface area contributed by atoms with Gasteiger partial charge in [-0.05, 0) is 60.7 Å². The number of hydrogen-bond acceptors (Lipinski definition) is 3. The number of hydrogen-bond donors (Lipinski definition) is 2. The minimum absolute atomic E-state index is 0.00585. The lowest BCUT2D eigenvalue weighted by atomic mass is 9.94. The molecule has 1 aliphatic rings. The maximum Gasteiger partial charge on any atom is 0.305 e. The van der Waals surface area contributed by atoms with Gasteiger partial charge in [-0.3, -0.25) is 9.59 Å². The zero-order valence-corrected chi connectivity index (χ0v) is 21.1. The number of amides is 1. The van der Waals surface area contributed by atoms with E-state index in [2.05, 4.69) is 23.5 Å². The number of aromatic nitrogens is 2. The number of allylic oxidation sites excluding steroid dienone is 4. The number of carbonyl (C=O) groups is 2. The summed E-state index contributed by atoms with van der Waals surface area (Å²) < 4.78 is 30.7. The molecule has 0 fully saturated rings. The Morgan fingerprint density at radius 2 is 1.77 bits per heavy atom. The fourth-order valence-corrected chi connectivity index (χ4v) is 4.90. The first kappa shape index (κ1) is 26.0. The van der Waals surface area contributed by atoms with E-state index in [0.717, 1.165) is 30.0 Å². The van der Waals surface area contributed by atoms with Crippen LogP contribution in [0.25, 0.3) is 22.4 Å². The third-order valence-corrected chi connectivity index (χ3v) is 6.69. The van der Waals surface area contributed by atoms with Crippen LogP contribution in [-0.2, 0) is 11.2 Å². The molecule has 0 spiro atoms. The topological polar surface area (TPSA) is 84.2 Å². The van der Waals surface area contributed by atoms with E-state index in [1.807, 2.05) is 34.9 Å². The molecule has 1 atom stereocenters. The second kappa shape index (κ2) is 11.4. The number of halogens is 2. The van der Waals surface area contributed by atoms with Gasteiger partial charge in [-0.25, -0.2) is 13.8 Å². The lowest BCUT2D eigenvalue weighted by molar-refractivity contribution is -0.136. The van der Waals surface area contributed by atoms with E-state index in [-0.39, 0.29) is 24.6 Å². The van der Waals surface area contributed by atoms with E-state index in [1.54, 1.807) is 18.2 Å². The van der Waals surface area contributed by atoms with E-state index in [1.165, 1.54) is 12.1 Å². The molecule has 0 radical (unpaired) electrons. The molecule has 0 aliphatic heterocycles. The van der Waals surface area contributed by atoms with Crippen LogP contribution in [0.15, 0.2) is 90.5 Å². The van der Waals surface area contributed by atoms with Crippen molar-refractivity contribution in [2.24, 2.45) is 0 Å². The number of rotatable bonds is 9. The maximum atomic E-state index is 14.4. The molecule has 1 heterocycles. The maximum absolute atomic E-state index is 14.4. The third kappa shape index (κ3) is 5.95. The molecule has 1 unspecified atom stereocenters. The molecule has 0 saturated carbocycles. The standard InChI is InChI=1S/C31H27F2N3O3/c32-24-16-23(17-25(33)19-24)30-35-26-18-22(31(39)34-14-13-29(37)38)11-12-27(26)36(30)28(21-9-5-2-6-10-21)15-20-7-3-1-4-8-20/h1,3-5,7-12,16-19,28H,2,6,13-15H2,(H,34,39)(H,37,38). The molecule has 198 valence electrons. The van der Waals surface area contributed by atoms with Gasteiger partial charge in [-0.2, -0.15) is 0 Å². The Kier molecular flexibility index (Phi) is 7.63. The van der Waals surface area contributed by atoms with Gasteiger partial charge in [0.15, 0.2) is 0 Å². The number of carboxylic acids is 1. The molecule has 1 aromatic heterocycles. The van der Waals surface area contributed by atoms with Crippen molar-refractivity contribution in [3.63, 3.8) is 0 Å². The first-order valence-electron chi connectivity index (χ1n) is 12.8. The molecule has 1 amide bonds. The van der Waals surface area contributed by atoms with Crippen LogP contribution in [-0.4, -0.2) is 33.1 Å². The van der Waals surface area contributed by atoms with Crippen molar-refractivity contribution in [2.75, 3.05) is 6.54 Å². The van der Waals surface area contributed by atoms with Crippen LogP contribution in [0.3, 0.4) is 0 Å². The molecule has 1 aliphatic carbocycles. The number of nitrogens with one attached hydrogen (secondary N) is 1. The van der Waals surface area contributed by atoms with Gasteiger partial charge in [-0.15, -0.1) is 0 Å². The van der Waals surface area contributed by atoms with Gasteiger partial charge < -0.3 is 15.0 Å². The van der Waals surface area contributed by atoms with Gasteiger partial charge in [0.1, 0.15) is 17.5 Å². The Morgan fingerprint density at radius 1 is 1.00 bits per heavy atom. The van der Waals surface area contributed by atoms with Crippen LogP contribution in [0.2, 0.25) is 0 Å². The highest BCUT2D eigenvalue weighted by molar-refractivity contribution is 5.98. The van der Waals surface area contributed by atoms with Gasteiger partial charge in [-0.1, -0.05) is 48.6 Å². The number of imidazole rings is 1. The van der Waals surface area contributed by atoms with Crippen LogP contribution in [0, 0.1) is 11.6 Å². The van der Waals surface area contributed by atoms with Crippen LogP contribution in [0.4, 0.5) is 8.78 Å². The molecule has 6 nitrogen and oxygen atoms in total. The van der Waals surface area contributed by atoms with Crippen molar-refractivity contribution in [2.45, 2.75) is 31.7 Å². The number of benzene rings is 3. The smallest absolute Gasteiger partial charge is 0.305 e. The van der Waals surface area contributed by atoms with Crippen molar-refractivity contribution in [1.29, 1.82) is 0 Å². The lowest BCUT2D eigenvalue weighted by Gasteiger charge is -2.25. The Bertz CT molecular complexity index is 1570. The predicted octanol–water partition coefficient (Wildman–Crippen LogP) is 6.25. The largest absolute Gasteiger partial charge is 0.481 e. The Morgan fingerprint density at radius 3 is 2.46 bits per heavy atom. The SMILES string of the molecule is O=C(O)CCNC(=O)c1ccc2c(c1)nc(-c1cc(F)cc(F)c1)n2C(Cc1ccccc1)C1=CCCC=C1. The minimum atomic E-state index is -1.01. The van der Waals surface area contributed by atoms with Gasteiger partial charge >= 0.3 is 5.97 Å². The van der Waals surface area contributed by atoms with E-state index in [9.17, 15) is 18.4 Å². The van der Waals surface area contributed by atoms with Crippen LogP contribution < -0.4 is 5.32 Å². The molecule has 0 saturated heterocycles. The highest BCUT2D eigenvalue weighted by Gasteiger charge is 2.25. The first-order valence-corrected chi connectivity index (χ1v) is 12.8. The zero-order chi connectivity index (χ0) is 27.4. The number of fused-ring (bicyclic) bond motifs is 1. The average Bonchev–Trinajstić information content (AvgIpc) is 3.30. The van der Waals surface area contributed by atoms with Gasteiger partial charge in [0.05, 0.1) is 23.5 Å². The second-order valence-electron chi connectivity index (χ2n) is 9.46. The summed E-state index contributed by atoms with van der Waals surface area (Å²) in [7, 11) is 0. The quantitative estimate of drug-likeness (QED) is 0.270. The van der Waals surface area contributed by atoms with Crippen molar-refractivity contribution in [1.82, 2.24) is 14.9 Å². The third-order valence-electron chi connectivity index (χ3n) is 6.69. The lowest BCUT2D eigenvalue weighted by Crippen LogP contribution is -2.25. The molecule has 4 aromatic rings. The molecule has 0 bridgehead atoms. The molecular formula is C31H27F2N3O3. The minimum Gasteiger partial charge on any atom is -0.481 e. The first-order chi connectivity index (χ1) is 18.9. The van der Waals surface area contributed by atoms with Crippen LogP contribution >= 0.6 is 0 Å². The van der Waals surface area contributed by atoms with E-state index in [4.69, 9.17) is 10.1 Å². The summed E-state index contributed by atoms with van der Waals surface area (Å²) in [6.45, 7) is -0.00585. The summed E-state index contributed by atoms with van der Waals surface area (Å²) in [5, 5.41) is 11.5. The molecular weight excluding hydrogens is 500 g/mol. The summed E-state index contributed by atoms with van der Waals surface area (Å²) in [5.74, 6) is -2.47. The molecule has 39 heavy (non-hydrogen) atoms. The Balaban J connectivity index is 1.66. The summed E-state index contributed by atoms with van der Waals surface area (Å²) in [6.07, 6.45) is 8.63. The summed E-state index contributed by atoms with van der Waals surface area (Å²) >= 11 is 0. The molecule has 5 rings (SSSR count). The van der Waals surface area contributed by atoms with Gasteiger partial charge in [0.2, 0.25) is 0 Å². The summed E-state index contributed by atoms with van der Waals surface area (Å²) in [4.78, 5) is 28.3. The number of aliphatic carboxylic acids is 1. The molecule has 3 aromatic carbocycles. The van der Waals surface area contributed by atoms with Gasteiger partial charge in [0.25, 0.3) is 5.91 Å². The Labute approximate surface area is 224 Å². The number of nitrogens with zero attached hydrogens (tertiary/aromatic N) is 2. The van der Waals surface area contributed by atoms with Crippen molar-refractivity contribution in [3.8, 4) is 11.4 Å². The Hall–Kier alpha value is -4.59. The van der Waals surface area contributed by atoms with Crippen molar-refractivity contribution in [3.05, 3.63) is 113 Å². The van der Waals surface area contributed by atoms with E-state index >= 15 is 0 Å². The van der Waals surface area contributed by atoms with E-state index < -0.39 is 23.5 Å². The summed E-state index contributed by atoms with van der Waals surface area (Å²) in [6, 6.07) is 18.1. The van der Waals surface area contributed by atoms with Gasteiger partial charge in [0, 0.05) is 23.7 Å². The highest BCUT2D eigenvalue weighted by atomic mass is 19.1. The molecule has 2 N–H and O–H groups in total. The predicted molar refractivity (Wildman–Crippen MR) is 145 cm³/mol. The summed E-state index contributed by atoms with van der Waals surface area (Å²) in [5.41, 5.74) is 3.95. The fourth-order valence-electron chi connectivity index (χ4n) is 4.90. The van der Waals surface area contributed by atoms with Crippen LogP contribution in [0.5, 0.6) is 0 Å². The second-order valence-corrected chi connectivity index (χ2v) is 9.46. The average molecular weight is 528 g/mol. The van der Waals surface area contributed by atoms with E-state index in [0.29, 0.717) is 28.8 Å². The monoisotopic (exact) mass is 527 g/mol. The van der Waals surface area contributed by atoms with Crippen LogP contribution in [0.1, 0.15) is 41.2 Å². The molecule has 8 heteroatoms.